The van der Waals surface area contributed by atoms with Gasteiger partial charge in [-0.05, 0) is 72.0 Å². The highest BCUT2D eigenvalue weighted by Gasteiger charge is 2.50. The molecule has 0 radical (unpaired) electrons. The number of phenolic OH excluding ortho intramolecular Hbond substituents is 1. The van der Waals surface area contributed by atoms with E-state index in [1.807, 2.05) is 6.07 Å². The number of nitrogens with zero attached hydrogens (tertiary/aromatic N) is 1. The molecule has 12 nitrogen and oxygen atoms in total. The molecule has 2 fully saturated rings. The van der Waals surface area contributed by atoms with Gasteiger partial charge in [-0.15, -0.1) is 0 Å². The van der Waals surface area contributed by atoms with Gasteiger partial charge in [-0.2, -0.15) is 0 Å². The van der Waals surface area contributed by atoms with Gasteiger partial charge in [0.05, 0.1) is 28.7 Å². The molecule has 2 aliphatic rings. The van der Waals surface area contributed by atoms with Gasteiger partial charge in [0.2, 0.25) is 5.91 Å². The molecule has 4 aromatic rings. The third-order valence-electron chi connectivity index (χ3n) is 9.49. The number of aliphatic hydroxyl groups is 4. The van der Waals surface area contributed by atoms with Gasteiger partial charge in [0.1, 0.15) is 36.0 Å². The molecule has 6 rings (SSSR count). The van der Waals surface area contributed by atoms with Gasteiger partial charge in [0, 0.05) is 11.3 Å². The predicted molar refractivity (Wildman–Crippen MR) is 181 cm³/mol. The van der Waals surface area contributed by atoms with Gasteiger partial charge in [0.25, 0.3) is 0 Å². The zero-order valence-electron chi connectivity index (χ0n) is 26.9. The number of aliphatic hydroxyl groups excluding tert-OH is 4. The number of phenols is 1. The third kappa shape index (κ3) is 7.24. The summed E-state index contributed by atoms with van der Waals surface area (Å²) in [6.45, 7) is 0. The van der Waals surface area contributed by atoms with Crippen LogP contribution in [0.25, 0.3) is 11.1 Å². The maximum atomic E-state index is 13.5. The molecule has 268 valence electrons. The zero-order valence-corrected chi connectivity index (χ0v) is 27.8. The molecule has 51 heavy (non-hydrogen) atoms. The van der Waals surface area contributed by atoms with Crippen molar-refractivity contribution in [2.45, 2.75) is 60.4 Å². The Labute approximate surface area is 292 Å². The van der Waals surface area contributed by atoms with E-state index in [0.717, 1.165) is 0 Å². The van der Waals surface area contributed by atoms with Crippen molar-refractivity contribution in [3.63, 3.8) is 0 Å². The van der Waals surface area contributed by atoms with Gasteiger partial charge in [0.15, 0.2) is 15.9 Å². The van der Waals surface area contributed by atoms with E-state index in [0.29, 0.717) is 34.4 Å². The Balaban J connectivity index is 1.20. The molecule has 2 saturated heterocycles. The summed E-state index contributed by atoms with van der Waals surface area (Å²) in [6, 6.07) is 24.4. The number of β-lactam (4-membered cyclic amide) rings is 1. The molecular weight excluding hydrogens is 685 g/mol. The van der Waals surface area contributed by atoms with Crippen LogP contribution >= 0.6 is 0 Å². The maximum absolute atomic E-state index is 13.5. The summed E-state index contributed by atoms with van der Waals surface area (Å²) in [5.41, 5.74) is 2.71. The summed E-state index contributed by atoms with van der Waals surface area (Å²) < 4.78 is 44.9. The standard InChI is InChI=1S/C37H36FNO11S/c38-23-11-6-21(7-12-23)28(40)17-16-27-31(39(36(27)45)24-4-2-1-3-5-24)26-15-10-22(18-29(26)41)20-8-13-25(14-9-20)51(48,49)19-30-32(42)33(43)34(44)35(50-30)37(46)47/h1-15,18,27-28,30-35,40-44H,16-17,19H2,(H,46,47)/t27-,28+,30?,31-,32+,33-,34-,35?/m1/s1. The number of ether oxygens (including phenoxy) is 1. The number of aliphatic carboxylic acids is 1. The monoisotopic (exact) mass is 721 g/mol. The van der Waals surface area contributed by atoms with Crippen LogP contribution in [0.4, 0.5) is 10.1 Å². The van der Waals surface area contributed by atoms with E-state index in [9.17, 15) is 53.0 Å². The molecule has 1 amide bonds. The summed E-state index contributed by atoms with van der Waals surface area (Å²) >= 11 is 0. The Bertz CT molecular complexity index is 1990. The molecule has 0 aromatic heterocycles. The van der Waals surface area contributed by atoms with Gasteiger partial charge >= 0.3 is 5.97 Å². The number of amides is 1. The minimum absolute atomic E-state index is 0.108. The van der Waals surface area contributed by atoms with E-state index in [2.05, 4.69) is 0 Å². The van der Waals surface area contributed by atoms with Gasteiger partial charge < -0.3 is 40.3 Å². The number of aromatic hydroxyl groups is 1. The highest BCUT2D eigenvalue weighted by molar-refractivity contribution is 7.91. The highest BCUT2D eigenvalue weighted by Crippen LogP contribution is 2.49. The van der Waals surface area contributed by atoms with Crippen molar-refractivity contribution in [1.82, 2.24) is 0 Å². The van der Waals surface area contributed by atoms with Crippen LogP contribution in [0.1, 0.15) is 36.1 Å². The lowest BCUT2D eigenvalue weighted by Crippen LogP contribution is -2.61. The molecular formula is C37H36FNO11S. The van der Waals surface area contributed by atoms with Crippen molar-refractivity contribution in [2.24, 2.45) is 5.92 Å². The quantitative estimate of drug-likeness (QED) is 0.124. The first-order valence-corrected chi connectivity index (χ1v) is 17.8. The van der Waals surface area contributed by atoms with E-state index in [-0.39, 0.29) is 23.0 Å². The second kappa shape index (κ2) is 14.5. The molecule has 4 aromatic carbocycles. The minimum atomic E-state index is -4.17. The van der Waals surface area contributed by atoms with Crippen LogP contribution in [0.5, 0.6) is 5.75 Å². The first-order valence-electron chi connectivity index (χ1n) is 16.2. The predicted octanol–water partition coefficient (Wildman–Crippen LogP) is 3.12. The summed E-state index contributed by atoms with van der Waals surface area (Å²) in [4.78, 5) is 26.3. The van der Waals surface area contributed by atoms with Crippen molar-refractivity contribution in [3.05, 3.63) is 114 Å². The second-order valence-corrected chi connectivity index (χ2v) is 14.8. The number of para-hydroxylation sites is 1. The molecule has 2 aliphatic heterocycles. The normalized spacial score (nSPS) is 25.6. The van der Waals surface area contributed by atoms with E-state index >= 15 is 0 Å². The van der Waals surface area contributed by atoms with E-state index < -0.39 is 76.0 Å². The number of hydrogen-bond acceptors (Lipinski definition) is 10. The molecule has 2 heterocycles. The smallest absolute Gasteiger partial charge is 0.335 e. The summed E-state index contributed by atoms with van der Waals surface area (Å²) in [5.74, 6) is -3.76. The first kappa shape index (κ1) is 36.1. The molecule has 14 heteroatoms. The van der Waals surface area contributed by atoms with E-state index in [1.54, 1.807) is 41.3 Å². The lowest BCUT2D eigenvalue weighted by molar-refractivity contribution is -0.222. The molecule has 0 bridgehead atoms. The van der Waals surface area contributed by atoms with Crippen LogP contribution in [-0.4, -0.2) is 87.2 Å². The molecule has 8 atom stereocenters. The van der Waals surface area contributed by atoms with E-state index in [4.69, 9.17) is 4.74 Å². The average Bonchev–Trinajstić information content (AvgIpc) is 3.11. The average molecular weight is 722 g/mol. The van der Waals surface area contributed by atoms with Gasteiger partial charge in [-0.25, -0.2) is 17.6 Å². The first-order chi connectivity index (χ1) is 24.3. The fourth-order valence-corrected chi connectivity index (χ4v) is 8.14. The molecule has 2 unspecified atom stereocenters. The van der Waals surface area contributed by atoms with Crippen molar-refractivity contribution in [1.29, 1.82) is 0 Å². The molecule has 6 N–H and O–H groups in total. The number of benzene rings is 4. The van der Waals surface area contributed by atoms with Crippen LogP contribution in [0.3, 0.4) is 0 Å². The summed E-state index contributed by atoms with van der Waals surface area (Å²) in [7, 11) is -4.17. The number of sulfone groups is 1. The topological polar surface area (TPSA) is 202 Å². The van der Waals surface area contributed by atoms with Crippen LogP contribution in [0, 0.1) is 11.7 Å². The SMILES string of the molecule is O=C(O)C1OC(CS(=O)(=O)c2ccc(-c3ccc([C@@H]4[C@@H](CC[C@H](O)c5ccc(F)cc5)C(=O)N4c4ccccc4)c(O)c3)cc2)[C@H](O)[C@@H](O)[C@H]1O. The Kier molecular flexibility index (Phi) is 10.3. The van der Waals surface area contributed by atoms with Gasteiger partial charge in [-0.3, -0.25) is 4.79 Å². The minimum Gasteiger partial charge on any atom is -0.508 e. The largest absolute Gasteiger partial charge is 0.508 e. The van der Waals surface area contributed by atoms with Crippen molar-refractivity contribution in [3.8, 4) is 16.9 Å². The number of rotatable bonds is 11. The second-order valence-electron chi connectivity index (χ2n) is 12.7. The molecule has 0 spiro atoms. The fraction of sp³-hybridized carbons (Fsp3) is 0.297. The number of carbonyl (C=O) groups is 2. The van der Waals surface area contributed by atoms with Crippen LogP contribution in [-0.2, 0) is 24.2 Å². The fourth-order valence-electron chi connectivity index (χ4n) is 6.68. The Hall–Kier alpha value is -4.70. The summed E-state index contributed by atoms with van der Waals surface area (Å²) in [5, 5.41) is 61.5. The number of carboxylic acid groups (broad SMARTS) is 1. The van der Waals surface area contributed by atoms with Crippen LogP contribution < -0.4 is 4.90 Å². The number of carbonyl (C=O) groups excluding carboxylic acids is 1. The molecule has 0 aliphatic carbocycles. The summed E-state index contributed by atoms with van der Waals surface area (Å²) in [6.07, 6.45) is -9.68. The highest BCUT2D eigenvalue weighted by atomic mass is 32.2. The van der Waals surface area contributed by atoms with E-state index in [1.165, 1.54) is 54.6 Å². The number of hydrogen-bond donors (Lipinski definition) is 6. The van der Waals surface area contributed by atoms with Crippen LogP contribution in [0.15, 0.2) is 102 Å². The van der Waals surface area contributed by atoms with Crippen LogP contribution in [0.2, 0.25) is 0 Å². The molecule has 0 saturated carbocycles. The Morgan fingerprint density at radius 3 is 2.14 bits per heavy atom. The van der Waals surface area contributed by atoms with Crippen molar-refractivity contribution >= 4 is 27.4 Å². The Morgan fingerprint density at radius 2 is 1.51 bits per heavy atom. The lowest BCUT2D eigenvalue weighted by Gasteiger charge is -2.48. The maximum Gasteiger partial charge on any atom is 0.335 e. The third-order valence-corrected chi connectivity index (χ3v) is 11.2. The lowest BCUT2D eigenvalue weighted by atomic mass is 9.77. The van der Waals surface area contributed by atoms with Crippen molar-refractivity contribution in [2.75, 3.05) is 10.7 Å². The number of anilines is 1. The van der Waals surface area contributed by atoms with Gasteiger partial charge in [-0.1, -0.05) is 54.6 Å². The Morgan fingerprint density at radius 1 is 0.863 bits per heavy atom. The number of halogens is 1. The zero-order chi connectivity index (χ0) is 36.6. The van der Waals surface area contributed by atoms with Crippen molar-refractivity contribution < 1.29 is 57.8 Å². The number of carboxylic acids is 1.